The number of nitrogens with zero attached hydrogens (tertiary/aromatic N) is 2. The van der Waals surface area contributed by atoms with Crippen molar-refractivity contribution in [1.82, 2.24) is 4.90 Å². The number of nitro benzene ring substituents is 1. The van der Waals surface area contributed by atoms with Gasteiger partial charge in [0.15, 0.2) is 0 Å². The van der Waals surface area contributed by atoms with Gasteiger partial charge in [0.05, 0.1) is 21.6 Å². The van der Waals surface area contributed by atoms with Gasteiger partial charge in [-0.15, -0.1) is 0 Å². The number of nitro groups is 1. The summed E-state index contributed by atoms with van der Waals surface area (Å²) in [5.74, 6) is -0.225. The Bertz CT molecular complexity index is 807. The molecule has 0 aromatic heterocycles. The third kappa shape index (κ3) is 2.99. The van der Waals surface area contributed by atoms with Crippen molar-refractivity contribution in [1.29, 1.82) is 0 Å². The molecule has 0 unspecified atom stereocenters. The fraction of sp³-hybridized carbons (Fsp3) is 0.278. The van der Waals surface area contributed by atoms with E-state index in [1.165, 1.54) is 23.8 Å². The lowest BCUT2D eigenvalue weighted by atomic mass is 9.87. The van der Waals surface area contributed by atoms with E-state index < -0.39 is 4.92 Å². The Labute approximate surface area is 145 Å². The van der Waals surface area contributed by atoms with Gasteiger partial charge in [-0.05, 0) is 36.5 Å². The van der Waals surface area contributed by atoms with E-state index in [4.69, 9.17) is 11.6 Å². The summed E-state index contributed by atoms with van der Waals surface area (Å²) in [6.07, 6.45) is 2.93. The van der Waals surface area contributed by atoms with Crippen molar-refractivity contribution in [3.8, 4) is 0 Å². The average molecular weight is 345 g/mol. The summed E-state index contributed by atoms with van der Waals surface area (Å²) in [5, 5.41) is 10.9. The lowest BCUT2D eigenvalue weighted by Gasteiger charge is -2.33. The summed E-state index contributed by atoms with van der Waals surface area (Å²) in [6, 6.07) is 12.1. The minimum Gasteiger partial charge on any atom is -0.335 e. The highest BCUT2D eigenvalue weighted by Gasteiger charge is 2.28. The second-order valence-corrected chi connectivity index (χ2v) is 6.35. The van der Waals surface area contributed by atoms with Gasteiger partial charge in [-0.25, -0.2) is 0 Å². The van der Waals surface area contributed by atoms with Crippen LogP contribution in [0.1, 0.15) is 40.4 Å². The third-order valence-corrected chi connectivity index (χ3v) is 4.83. The van der Waals surface area contributed by atoms with Crippen LogP contribution in [0.15, 0.2) is 42.5 Å². The van der Waals surface area contributed by atoms with E-state index in [2.05, 4.69) is 12.1 Å². The van der Waals surface area contributed by atoms with Crippen molar-refractivity contribution in [2.45, 2.75) is 25.3 Å². The van der Waals surface area contributed by atoms with E-state index in [1.54, 1.807) is 11.9 Å². The molecule has 0 aliphatic heterocycles. The van der Waals surface area contributed by atoms with Gasteiger partial charge in [0, 0.05) is 19.2 Å². The van der Waals surface area contributed by atoms with Gasteiger partial charge in [-0.1, -0.05) is 35.9 Å². The zero-order valence-electron chi connectivity index (χ0n) is 13.2. The molecule has 0 N–H and O–H groups in total. The van der Waals surface area contributed by atoms with Crippen LogP contribution >= 0.6 is 11.6 Å². The molecule has 124 valence electrons. The Balaban J connectivity index is 1.90. The summed E-state index contributed by atoms with van der Waals surface area (Å²) in [4.78, 5) is 24.8. The molecule has 1 aliphatic rings. The normalized spacial score (nSPS) is 16.3. The first kappa shape index (κ1) is 16.5. The predicted octanol–water partition coefficient (Wildman–Crippen LogP) is 4.40. The third-order valence-electron chi connectivity index (χ3n) is 4.52. The van der Waals surface area contributed by atoms with E-state index in [0.717, 1.165) is 24.8 Å². The molecule has 1 amide bonds. The number of non-ortho nitro benzene ring substituents is 1. The maximum atomic E-state index is 12.8. The minimum absolute atomic E-state index is 0.00583. The summed E-state index contributed by atoms with van der Waals surface area (Å²) >= 11 is 6.10. The Morgan fingerprint density at radius 1 is 1.29 bits per heavy atom. The van der Waals surface area contributed by atoms with Crippen molar-refractivity contribution in [3.63, 3.8) is 0 Å². The number of hydrogen-bond donors (Lipinski definition) is 0. The molecule has 0 radical (unpaired) electrons. The fourth-order valence-electron chi connectivity index (χ4n) is 3.25. The van der Waals surface area contributed by atoms with Crippen LogP contribution in [0.5, 0.6) is 0 Å². The van der Waals surface area contributed by atoms with Crippen molar-refractivity contribution in [2.75, 3.05) is 7.05 Å². The average Bonchev–Trinajstić information content (AvgIpc) is 2.60. The van der Waals surface area contributed by atoms with Gasteiger partial charge in [0.25, 0.3) is 11.6 Å². The highest BCUT2D eigenvalue weighted by molar-refractivity contribution is 6.34. The molecular weight excluding hydrogens is 328 g/mol. The molecule has 5 nitrogen and oxygen atoms in total. The number of fused-ring (bicyclic) bond motifs is 1. The molecule has 0 bridgehead atoms. The van der Waals surface area contributed by atoms with Crippen LogP contribution in [0, 0.1) is 10.1 Å². The first-order chi connectivity index (χ1) is 11.5. The molecular formula is C18H17ClN2O3. The van der Waals surface area contributed by atoms with Gasteiger partial charge in [-0.2, -0.15) is 0 Å². The fourth-order valence-corrected chi connectivity index (χ4v) is 3.51. The van der Waals surface area contributed by atoms with E-state index in [-0.39, 0.29) is 28.2 Å². The summed E-state index contributed by atoms with van der Waals surface area (Å²) < 4.78 is 0. The number of amides is 1. The number of hydrogen-bond acceptors (Lipinski definition) is 3. The molecule has 3 rings (SSSR count). The zero-order chi connectivity index (χ0) is 17.3. The highest BCUT2D eigenvalue weighted by atomic mass is 35.5. The Morgan fingerprint density at radius 2 is 2.04 bits per heavy atom. The number of carbonyl (C=O) groups excluding carboxylic acids is 1. The van der Waals surface area contributed by atoms with E-state index in [1.807, 2.05) is 12.1 Å². The molecule has 1 atom stereocenters. The van der Waals surface area contributed by atoms with Crippen LogP contribution in [0.3, 0.4) is 0 Å². The predicted molar refractivity (Wildman–Crippen MR) is 92.3 cm³/mol. The van der Waals surface area contributed by atoms with Crippen LogP contribution in [-0.4, -0.2) is 22.8 Å². The Kier molecular flexibility index (Phi) is 4.53. The van der Waals surface area contributed by atoms with E-state index >= 15 is 0 Å². The molecule has 0 fully saturated rings. The van der Waals surface area contributed by atoms with Gasteiger partial charge < -0.3 is 4.90 Å². The quantitative estimate of drug-likeness (QED) is 0.612. The van der Waals surface area contributed by atoms with Gasteiger partial charge in [-0.3, -0.25) is 14.9 Å². The number of carbonyl (C=O) groups is 1. The lowest BCUT2D eigenvalue weighted by Crippen LogP contribution is -2.33. The van der Waals surface area contributed by atoms with Gasteiger partial charge in [0.2, 0.25) is 0 Å². The standard InChI is InChI=1S/C18H17ClN2O3/c1-20(17-8-4-6-12-5-2-3-7-14(12)17)18(22)15-10-9-13(21(23)24)11-16(15)19/h2-3,5,7,9-11,17H,4,6,8H2,1H3/t17-/m1/s1. The SMILES string of the molecule is CN(C(=O)c1ccc([N+](=O)[O-])cc1Cl)[C@@H]1CCCc2ccccc21. The highest BCUT2D eigenvalue weighted by Crippen LogP contribution is 2.35. The Hall–Kier alpha value is -2.40. The van der Waals surface area contributed by atoms with E-state index in [0.29, 0.717) is 0 Å². The van der Waals surface area contributed by atoms with Crippen molar-refractivity contribution < 1.29 is 9.72 Å². The Morgan fingerprint density at radius 3 is 2.75 bits per heavy atom. The summed E-state index contributed by atoms with van der Waals surface area (Å²) in [5.41, 5.74) is 2.59. The van der Waals surface area contributed by atoms with Crippen LogP contribution in [0.25, 0.3) is 0 Å². The first-order valence-electron chi connectivity index (χ1n) is 7.78. The van der Waals surface area contributed by atoms with Crippen LogP contribution < -0.4 is 0 Å². The largest absolute Gasteiger partial charge is 0.335 e. The second kappa shape index (κ2) is 6.61. The molecule has 24 heavy (non-hydrogen) atoms. The van der Waals surface area contributed by atoms with Crippen LogP contribution in [0.2, 0.25) is 5.02 Å². The zero-order valence-corrected chi connectivity index (χ0v) is 14.0. The first-order valence-corrected chi connectivity index (χ1v) is 8.15. The molecule has 0 saturated heterocycles. The molecule has 0 spiro atoms. The monoisotopic (exact) mass is 344 g/mol. The molecule has 1 aliphatic carbocycles. The van der Waals surface area contributed by atoms with E-state index in [9.17, 15) is 14.9 Å². The van der Waals surface area contributed by atoms with Crippen molar-refractivity contribution in [3.05, 3.63) is 74.3 Å². The van der Waals surface area contributed by atoms with Crippen LogP contribution in [-0.2, 0) is 6.42 Å². The van der Waals surface area contributed by atoms with Crippen LogP contribution in [0.4, 0.5) is 5.69 Å². The molecule has 0 saturated carbocycles. The number of benzene rings is 2. The molecule has 6 heteroatoms. The molecule has 2 aromatic carbocycles. The smallest absolute Gasteiger partial charge is 0.270 e. The van der Waals surface area contributed by atoms with Gasteiger partial charge in [0.1, 0.15) is 0 Å². The van der Waals surface area contributed by atoms with Crippen molar-refractivity contribution in [2.24, 2.45) is 0 Å². The maximum Gasteiger partial charge on any atom is 0.270 e. The summed E-state index contributed by atoms with van der Waals surface area (Å²) in [7, 11) is 1.76. The number of rotatable bonds is 3. The second-order valence-electron chi connectivity index (χ2n) is 5.94. The van der Waals surface area contributed by atoms with Gasteiger partial charge >= 0.3 is 0 Å². The maximum absolute atomic E-state index is 12.8. The minimum atomic E-state index is -0.527. The summed E-state index contributed by atoms with van der Waals surface area (Å²) in [6.45, 7) is 0. The topological polar surface area (TPSA) is 63.5 Å². The number of aryl methyl sites for hydroxylation is 1. The number of halogens is 1. The molecule has 2 aromatic rings. The van der Waals surface area contributed by atoms with Crippen molar-refractivity contribution >= 4 is 23.2 Å². The lowest BCUT2D eigenvalue weighted by molar-refractivity contribution is -0.384. The molecule has 0 heterocycles.